The Balaban J connectivity index is 1.41. The predicted octanol–water partition coefficient (Wildman–Crippen LogP) is 1.01. The lowest BCUT2D eigenvalue weighted by atomic mass is 10.1. The molecule has 0 aliphatic carbocycles. The number of nitrogens with one attached hydrogen (secondary N) is 1. The van der Waals surface area contributed by atoms with Crippen LogP contribution in [-0.4, -0.2) is 82.6 Å². The molecule has 0 aromatic carbocycles. The Morgan fingerprint density at radius 1 is 1.00 bits per heavy atom. The molecule has 0 atom stereocenters. The first-order chi connectivity index (χ1) is 11.6. The summed E-state index contributed by atoms with van der Waals surface area (Å²) in [4.78, 5) is 30.4. The maximum absolute atomic E-state index is 12.3. The number of piperazine rings is 1. The summed E-state index contributed by atoms with van der Waals surface area (Å²) in [5.41, 5.74) is 0. The van der Waals surface area contributed by atoms with E-state index in [2.05, 4.69) is 20.4 Å². The molecule has 0 spiro atoms. The van der Waals surface area contributed by atoms with E-state index in [1.807, 2.05) is 11.8 Å². The SMILES string of the molecule is Cc1nnc(NC(=O)N2CCN(CC(=O)N3CCCCC3)CC2)s1. The summed E-state index contributed by atoms with van der Waals surface area (Å²) in [5.74, 6) is 0.219. The molecule has 3 heterocycles. The molecule has 3 rings (SSSR count). The van der Waals surface area contributed by atoms with E-state index >= 15 is 0 Å². The molecule has 1 aromatic heterocycles. The van der Waals surface area contributed by atoms with Gasteiger partial charge in [0.15, 0.2) is 0 Å². The van der Waals surface area contributed by atoms with Crippen LogP contribution in [0.1, 0.15) is 24.3 Å². The minimum Gasteiger partial charge on any atom is -0.342 e. The summed E-state index contributed by atoms with van der Waals surface area (Å²) >= 11 is 1.36. The Kier molecular flexibility index (Phi) is 5.62. The van der Waals surface area contributed by atoms with Gasteiger partial charge in [-0.05, 0) is 26.2 Å². The van der Waals surface area contributed by atoms with Crippen molar-refractivity contribution in [1.82, 2.24) is 24.9 Å². The van der Waals surface area contributed by atoms with Gasteiger partial charge in [0.1, 0.15) is 5.01 Å². The average molecular weight is 352 g/mol. The molecular formula is C15H24N6O2S. The Bertz CT molecular complexity index is 578. The van der Waals surface area contributed by atoms with Gasteiger partial charge in [0, 0.05) is 39.3 Å². The van der Waals surface area contributed by atoms with Gasteiger partial charge in [-0.25, -0.2) is 4.79 Å². The third-order valence-electron chi connectivity index (χ3n) is 4.47. The summed E-state index contributed by atoms with van der Waals surface area (Å²) < 4.78 is 0. The zero-order valence-electron chi connectivity index (χ0n) is 14.0. The third-order valence-corrected chi connectivity index (χ3v) is 5.22. The molecule has 132 valence electrons. The fourth-order valence-electron chi connectivity index (χ4n) is 3.06. The van der Waals surface area contributed by atoms with E-state index in [9.17, 15) is 9.59 Å². The lowest BCUT2D eigenvalue weighted by molar-refractivity contribution is -0.133. The number of urea groups is 1. The van der Waals surface area contributed by atoms with Crippen molar-refractivity contribution in [2.75, 3.05) is 51.1 Å². The summed E-state index contributed by atoms with van der Waals surface area (Å²) in [7, 11) is 0. The number of carbonyl (C=O) groups is 2. The lowest BCUT2D eigenvalue weighted by Gasteiger charge is -2.35. The molecular weight excluding hydrogens is 328 g/mol. The van der Waals surface area contributed by atoms with Crippen molar-refractivity contribution in [1.29, 1.82) is 0 Å². The summed E-state index contributed by atoms with van der Waals surface area (Å²) in [5, 5.41) is 11.9. The van der Waals surface area contributed by atoms with Crippen molar-refractivity contribution in [3.8, 4) is 0 Å². The molecule has 2 aliphatic heterocycles. The first-order valence-electron chi connectivity index (χ1n) is 8.48. The topological polar surface area (TPSA) is 81.7 Å². The molecule has 0 radical (unpaired) electrons. The summed E-state index contributed by atoms with van der Waals surface area (Å²) in [6.45, 7) is 6.79. The maximum atomic E-state index is 12.3. The quantitative estimate of drug-likeness (QED) is 0.878. The van der Waals surface area contributed by atoms with Crippen molar-refractivity contribution in [2.24, 2.45) is 0 Å². The highest BCUT2D eigenvalue weighted by Gasteiger charge is 2.25. The molecule has 9 heteroatoms. The first-order valence-corrected chi connectivity index (χ1v) is 9.29. The number of hydrogen-bond donors (Lipinski definition) is 1. The van der Waals surface area contributed by atoms with Crippen molar-refractivity contribution in [3.05, 3.63) is 5.01 Å². The Morgan fingerprint density at radius 3 is 2.33 bits per heavy atom. The predicted molar refractivity (Wildman–Crippen MR) is 92.1 cm³/mol. The van der Waals surface area contributed by atoms with Crippen LogP contribution in [0.5, 0.6) is 0 Å². The van der Waals surface area contributed by atoms with E-state index < -0.39 is 0 Å². The van der Waals surface area contributed by atoms with Crippen LogP contribution in [0.25, 0.3) is 0 Å². The number of nitrogens with zero attached hydrogens (tertiary/aromatic N) is 5. The van der Waals surface area contributed by atoms with Crippen molar-refractivity contribution in [2.45, 2.75) is 26.2 Å². The Hall–Kier alpha value is -1.74. The minimum atomic E-state index is -0.145. The van der Waals surface area contributed by atoms with E-state index in [0.29, 0.717) is 24.8 Å². The second-order valence-corrected chi connectivity index (χ2v) is 7.44. The number of likely N-dealkylation sites (tertiary alicyclic amines) is 1. The largest absolute Gasteiger partial charge is 0.342 e. The molecule has 1 aromatic rings. The summed E-state index contributed by atoms with van der Waals surface area (Å²) in [6, 6.07) is -0.145. The van der Waals surface area contributed by atoms with Gasteiger partial charge in [-0.1, -0.05) is 11.3 Å². The number of carbonyl (C=O) groups excluding carboxylic acids is 2. The lowest BCUT2D eigenvalue weighted by Crippen LogP contribution is -2.52. The van der Waals surface area contributed by atoms with Gasteiger partial charge in [-0.15, -0.1) is 10.2 Å². The normalized spacial score (nSPS) is 19.4. The Morgan fingerprint density at radius 2 is 1.71 bits per heavy atom. The van der Waals surface area contributed by atoms with E-state index in [0.717, 1.165) is 44.0 Å². The van der Waals surface area contributed by atoms with Gasteiger partial charge >= 0.3 is 6.03 Å². The molecule has 2 aliphatic rings. The van der Waals surface area contributed by atoms with Crippen LogP contribution in [0, 0.1) is 6.92 Å². The second kappa shape index (κ2) is 7.89. The van der Waals surface area contributed by atoms with E-state index in [-0.39, 0.29) is 11.9 Å². The fourth-order valence-corrected chi connectivity index (χ4v) is 3.64. The fraction of sp³-hybridized carbons (Fsp3) is 0.733. The number of aromatic nitrogens is 2. The number of aryl methyl sites for hydroxylation is 1. The van der Waals surface area contributed by atoms with E-state index in [4.69, 9.17) is 0 Å². The molecule has 2 saturated heterocycles. The van der Waals surface area contributed by atoms with Gasteiger partial charge in [-0.3, -0.25) is 15.0 Å². The average Bonchev–Trinajstić information content (AvgIpc) is 3.01. The van der Waals surface area contributed by atoms with E-state index in [1.54, 1.807) is 4.90 Å². The van der Waals surface area contributed by atoms with Crippen LogP contribution < -0.4 is 5.32 Å². The number of anilines is 1. The van der Waals surface area contributed by atoms with Gasteiger partial charge in [0.05, 0.1) is 6.54 Å². The molecule has 0 unspecified atom stereocenters. The van der Waals surface area contributed by atoms with Gasteiger partial charge in [0.25, 0.3) is 0 Å². The Labute approximate surface area is 145 Å². The van der Waals surface area contributed by atoms with Crippen LogP contribution in [0.3, 0.4) is 0 Å². The van der Waals surface area contributed by atoms with Crippen LogP contribution in [0.4, 0.5) is 9.93 Å². The van der Waals surface area contributed by atoms with Crippen LogP contribution in [0.2, 0.25) is 0 Å². The number of amides is 3. The van der Waals surface area contributed by atoms with Crippen molar-refractivity contribution in [3.63, 3.8) is 0 Å². The molecule has 0 saturated carbocycles. The molecule has 8 nitrogen and oxygen atoms in total. The smallest absolute Gasteiger partial charge is 0.323 e. The molecule has 3 amide bonds. The highest BCUT2D eigenvalue weighted by Crippen LogP contribution is 2.15. The number of piperidine rings is 1. The molecule has 0 bridgehead atoms. The van der Waals surface area contributed by atoms with Crippen LogP contribution in [0.15, 0.2) is 0 Å². The zero-order valence-corrected chi connectivity index (χ0v) is 14.8. The van der Waals surface area contributed by atoms with Crippen LogP contribution >= 0.6 is 11.3 Å². The zero-order chi connectivity index (χ0) is 16.9. The van der Waals surface area contributed by atoms with Gasteiger partial charge in [0.2, 0.25) is 11.0 Å². The highest BCUT2D eigenvalue weighted by molar-refractivity contribution is 7.15. The second-order valence-electron chi connectivity index (χ2n) is 6.26. The first kappa shape index (κ1) is 17.1. The number of rotatable bonds is 3. The van der Waals surface area contributed by atoms with E-state index in [1.165, 1.54) is 17.8 Å². The molecule has 2 fully saturated rings. The minimum absolute atomic E-state index is 0.145. The van der Waals surface area contributed by atoms with Crippen molar-refractivity contribution >= 4 is 28.4 Å². The van der Waals surface area contributed by atoms with Crippen molar-refractivity contribution < 1.29 is 9.59 Å². The number of hydrogen-bond acceptors (Lipinski definition) is 6. The van der Waals surface area contributed by atoms with Gasteiger partial charge < -0.3 is 9.80 Å². The molecule has 24 heavy (non-hydrogen) atoms. The molecule has 1 N–H and O–H groups in total. The standard InChI is InChI=1S/C15H24N6O2S/c1-12-17-18-14(24-12)16-15(23)21-9-7-19(8-10-21)11-13(22)20-5-3-2-4-6-20/h2-11H2,1H3,(H,16,18,23). The highest BCUT2D eigenvalue weighted by atomic mass is 32.1. The monoisotopic (exact) mass is 352 g/mol. The van der Waals surface area contributed by atoms with Gasteiger partial charge in [-0.2, -0.15) is 0 Å². The summed E-state index contributed by atoms with van der Waals surface area (Å²) in [6.07, 6.45) is 3.46. The maximum Gasteiger partial charge on any atom is 0.323 e. The van der Waals surface area contributed by atoms with Crippen LogP contribution in [-0.2, 0) is 4.79 Å². The third kappa shape index (κ3) is 4.41.